The summed E-state index contributed by atoms with van der Waals surface area (Å²) in [6.07, 6.45) is 3.65. The second-order valence-electron chi connectivity index (χ2n) is 2.41. The van der Waals surface area contributed by atoms with Crippen LogP contribution >= 0.6 is 12.2 Å². The average molecular weight is 195 g/mol. The van der Waals surface area contributed by atoms with Crippen LogP contribution in [0.1, 0.15) is 19.5 Å². The van der Waals surface area contributed by atoms with E-state index in [1.165, 1.54) is 0 Å². The Morgan fingerprint density at radius 1 is 1.46 bits per heavy atom. The van der Waals surface area contributed by atoms with Crippen molar-refractivity contribution >= 4 is 17.9 Å². The van der Waals surface area contributed by atoms with Crippen molar-refractivity contribution in [3.05, 3.63) is 28.9 Å². The fourth-order valence-corrected chi connectivity index (χ4v) is 1.20. The topological polar surface area (TPSA) is 33.1 Å². The van der Waals surface area contributed by atoms with Gasteiger partial charge in [-0.05, 0) is 6.92 Å². The van der Waals surface area contributed by atoms with Crippen molar-refractivity contribution in [3.63, 3.8) is 0 Å². The molecule has 0 aliphatic carbocycles. The third-order valence-electron chi connectivity index (χ3n) is 1.63. The predicted molar refractivity (Wildman–Crippen MR) is 56.5 cm³/mol. The van der Waals surface area contributed by atoms with E-state index >= 15 is 0 Å². The Kier molecular flexibility index (Phi) is 3.19. The Morgan fingerprint density at radius 2 is 2.15 bits per heavy atom. The lowest BCUT2D eigenvalue weighted by atomic mass is 10.5. The van der Waals surface area contributed by atoms with Crippen LogP contribution in [0.2, 0.25) is 0 Å². The van der Waals surface area contributed by atoms with Gasteiger partial charge in [0.2, 0.25) is 0 Å². The van der Waals surface area contributed by atoms with Gasteiger partial charge >= 0.3 is 0 Å². The fourth-order valence-electron chi connectivity index (χ4n) is 1.04. The number of imidazole rings is 1. The second-order valence-corrected chi connectivity index (χ2v) is 2.83. The number of rotatable bonds is 0. The van der Waals surface area contributed by atoms with E-state index in [-0.39, 0.29) is 0 Å². The van der Waals surface area contributed by atoms with Crippen molar-refractivity contribution in [2.24, 2.45) is 0 Å². The van der Waals surface area contributed by atoms with Crippen molar-refractivity contribution in [3.8, 4) is 0 Å². The van der Waals surface area contributed by atoms with Crippen LogP contribution in [0.5, 0.6) is 0 Å². The number of aromatic amines is 1. The lowest BCUT2D eigenvalue weighted by molar-refractivity contribution is 1.03. The van der Waals surface area contributed by atoms with E-state index in [0.29, 0.717) is 4.64 Å². The number of hydrogen-bond acceptors (Lipinski definition) is 2. The molecule has 0 aliphatic rings. The van der Waals surface area contributed by atoms with Crippen molar-refractivity contribution in [2.45, 2.75) is 20.8 Å². The van der Waals surface area contributed by atoms with Gasteiger partial charge in [0.15, 0.2) is 0 Å². The molecule has 0 aliphatic heterocycles. The number of aryl methyl sites for hydroxylation is 1. The highest BCUT2D eigenvalue weighted by molar-refractivity contribution is 7.71. The monoisotopic (exact) mass is 195 g/mol. The normalized spacial score (nSPS) is 9.46. The van der Waals surface area contributed by atoms with Crippen LogP contribution in [-0.4, -0.2) is 14.4 Å². The van der Waals surface area contributed by atoms with E-state index in [4.69, 9.17) is 12.2 Å². The zero-order valence-corrected chi connectivity index (χ0v) is 8.85. The molecule has 0 fully saturated rings. The molecule has 4 heteroatoms. The summed E-state index contributed by atoms with van der Waals surface area (Å²) in [6, 6.07) is 1.84. The maximum Gasteiger partial charge on any atom is 0.131 e. The maximum absolute atomic E-state index is 4.90. The number of H-pyrrole nitrogens is 1. The highest BCUT2D eigenvalue weighted by atomic mass is 32.1. The zero-order valence-electron chi connectivity index (χ0n) is 8.03. The van der Waals surface area contributed by atoms with Crippen LogP contribution in [0.15, 0.2) is 18.6 Å². The van der Waals surface area contributed by atoms with Crippen LogP contribution in [0, 0.1) is 11.6 Å². The van der Waals surface area contributed by atoms with E-state index in [0.717, 1.165) is 11.3 Å². The molecule has 2 heterocycles. The molecule has 70 valence electrons. The second kappa shape index (κ2) is 4.18. The molecule has 0 saturated carbocycles. The van der Waals surface area contributed by atoms with Gasteiger partial charge in [0.05, 0.1) is 0 Å². The highest BCUT2D eigenvalue weighted by Gasteiger charge is 1.94. The van der Waals surface area contributed by atoms with Crippen molar-refractivity contribution < 1.29 is 0 Å². The van der Waals surface area contributed by atoms with Gasteiger partial charge in [0, 0.05) is 18.0 Å². The molecule has 0 radical (unpaired) electrons. The summed E-state index contributed by atoms with van der Waals surface area (Å²) in [4.78, 5) is 7.08. The standard InChI is InChI=1S/C7H7N3S.C2H6/c1-5-3-8-6-2-7(11)9-4-10(5)6;1-2/h2-4,8H,1H3;1-2H3. The first kappa shape index (κ1) is 9.92. The van der Waals surface area contributed by atoms with Crippen molar-refractivity contribution in [2.75, 3.05) is 0 Å². The quantitative estimate of drug-likeness (QED) is 0.656. The lowest BCUT2D eigenvalue weighted by Crippen LogP contribution is -1.88. The Labute approximate surface area is 82.4 Å². The number of hydrogen-bond donors (Lipinski definition) is 1. The van der Waals surface area contributed by atoms with Gasteiger partial charge in [-0.1, -0.05) is 26.1 Å². The van der Waals surface area contributed by atoms with Gasteiger partial charge in [0.25, 0.3) is 0 Å². The molecule has 2 aromatic heterocycles. The molecule has 1 N–H and O–H groups in total. The molecule has 2 aromatic rings. The number of fused-ring (bicyclic) bond motifs is 1. The Morgan fingerprint density at radius 3 is 2.85 bits per heavy atom. The summed E-state index contributed by atoms with van der Waals surface area (Å²) in [6.45, 7) is 6.01. The van der Waals surface area contributed by atoms with E-state index in [1.807, 2.05) is 37.4 Å². The molecule has 13 heavy (non-hydrogen) atoms. The molecule has 0 atom stereocenters. The predicted octanol–water partition coefficient (Wildman–Crippen LogP) is 2.73. The van der Waals surface area contributed by atoms with Crippen LogP contribution in [0.4, 0.5) is 0 Å². The first-order valence-electron chi connectivity index (χ1n) is 4.30. The SMILES string of the molecule is CC.Cc1c[nH]c2cc(=S)ncn12. The molecule has 2 rings (SSSR count). The maximum atomic E-state index is 4.90. The molecular weight excluding hydrogens is 182 g/mol. The molecular formula is C9H13N3S. The first-order chi connectivity index (χ1) is 6.27. The molecule has 0 spiro atoms. The molecule has 3 nitrogen and oxygen atoms in total. The molecule has 0 bridgehead atoms. The average Bonchev–Trinajstić information content (AvgIpc) is 2.51. The summed E-state index contributed by atoms with van der Waals surface area (Å²) in [5, 5.41) is 0. The van der Waals surface area contributed by atoms with Gasteiger partial charge < -0.3 is 4.98 Å². The van der Waals surface area contributed by atoms with Crippen LogP contribution in [0.25, 0.3) is 5.65 Å². The van der Waals surface area contributed by atoms with Crippen LogP contribution < -0.4 is 0 Å². The largest absolute Gasteiger partial charge is 0.346 e. The van der Waals surface area contributed by atoms with Gasteiger partial charge in [-0.25, -0.2) is 4.98 Å². The van der Waals surface area contributed by atoms with Crippen LogP contribution in [0.3, 0.4) is 0 Å². The Balaban J connectivity index is 0.000000396. The van der Waals surface area contributed by atoms with Gasteiger partial charge in [-0.3, -0.25) is 4.40 Å². The van der Waals surface area contributed by atoms with E-state index in [1.54, 1.807) is 6.33 Å². The summed E-state index contributed by atoms with van der Waals surface area (Å²) >= 11 is 4.90. The zero-order chi connectivity index (χ0) is 9.84. The minimum atomic E-state index is 0.617. The van der Waals surface area contributed by atoms with E-state index in [9.17, 15) is 0 Å². The Hall–Kier alpha value is -1.16. The van der Waals surface area contributed by atoms with Gasteiger partial charge in [-0.2, -0.15) is 0 Å². The molecule has 0 saturated heterocycles. The summed E-state index contributed by atoms with van der Waals surface area (Å²) in [5.41, 5.74) is 2.12. The molecule has 0 unspecified atom stereocenters. The first-order valence-corrected chi connectivity index (χ1v) is 4.70. The fraction of sp³-hybridized carbons (Fsp3) is 0.333. The summed E-state index contributed by atoms with van der Waals surface area (Å²) < 4.78 is 2.57. The summed E-state index contributed by atoms with van der Waals surface area (Å²) in [7, 11) is 0. The van der Waals surface area contributed by atoms with E-state index < -0.39 is 0 Å². The minimum Gasteiger partial charge on any atom is -0.346 e. The number of aromatic nitrogens is 3. The third kappa shape index (κ3) is 1.95. The van der Waals surface area contributed by atoms with Crippen molar-refractivity contribution in [1.29, 1.82) is 0 Å². The van der Waals surface area contributed by atoms with E-state index in [2.05, 4.69) is 9.97 Å². The van der Waals surface area contributed by atoms with Crippen molar-refractivity contribution in [1.82, 2.24) is 14.4 Å². The number of nitrogens with zero attached hydrogens (tertiary/aromatic N) is 2. The van der Waals surface area contributed by atoms with Crippen LogP contribution in [-0.2, 0) is 0 Å². The smallest absolute Gasteiger partial charge is 0.131 e. The molecule has 0 amide bonds. The lowest BCUT2D eigenvalue weighted by Gasteiger charge is -1.92. The number of nitrogens with one attached hydrogen (secondary N) is 1. The van der Waals surface area contributed by atoms with Gasteiger partial charge in [0.1, 0.15) is 16.6 Å². The Bertz CT molecular complexity index is 441. The minimum absolute atomic E-state index is 0.617. The third-order valence-corrected chi connectivity index (χ3v) is 1.85. The summed E-state index contributed by atoms with van der Waals surface area (Å²) in [5.74, 6) is 0. The molecule has 0 aromatic carbocycles. The highest BCUT2D eigenvalue weighted by Crippen LogP contribution is 2.02. The van der Waals surface area contributed by atoms with Gasteiger partial charge in [-0.15, -0.1) is 0 Å².